The molecule has 15 heavy (non-hydrogen) atoms. The lowest BCUT2D eigenvalue weighted by Crippen LogP contribution is -2.50. The Labute approximate surface area is 94.4 Å². The van der Waals surface area contributed by atoms with Gasteiger partial charge in [0.05, 0.1) is 6.54 Å². The first kappa shape index (κ1) is 12.5. The molecule has 0 radical (unpaired) electrons. The van der Waals surface area contributed by atoms with Gasteiger partial charge >= 0.3 is 0 Å². The molecule has 1 N–H and O–H groups in total. The SMILES string of the molecule is C#CCNCC(C)N1CCCC(C)C1C. The van der Waals surface area contributed by atoms with E-state index in [2.05, 4.69) is 36.9 Å². The maximum absolute atomic E-state index is 5.22. The van der Waals surface area contributed by atoms with Crippen LogP contribution in [0.25, 0.3) is 0 Å². The zero-order valence-corrected chi connectivity index (χ0v) is 10.3. The molecule has 1 aliphatic rings. The van der Waals surface area contributed by atoms with Gasteiger partial charge in [0.1, 0.15) is 0 Å². The van der Waals surface area contributed by atoms with Crippen LogP contribution in [0.4, 0.5) is 0 Å². The Kier molecular flexibility index (Phi) is 5.14. The van der Waals surface area contributed by atoms with Gasteiger partial charge in [-0.25, -0.2) is 0 Å². The molecule has 2 nitrogen and oxygen atoms in total. The first-order valence-electron chi connectivity index (χ1n) is 6.06. The second kappa shape index (κ2) is 6.15. The van der Waals surface area contributed by atoms with Crippen molar-refractivity contribution in [3.05, 3.63) is 0 Å². The Morgan fingerprint density at radius 2 is 2.27 bits per heavy atom. The van der Waals surface area contributed by atoms with Crippen LogP contribution in [-0.2, 0) is 0 Å². The highest BCUT2D eigenvalue weighted by atomic mass is 15.2. The molecule has 1 heterocycles. The summed E-state index contributed by atoms with van der Waals surface area (Å²) in [5.41, 5.74) is 0. The molecule has 1 fully saturated rings. The summed E-state index contributed by atoms with van der Waals surface area (Å²) in [6.45, 7) is 9.92. The van der Waals surface area contributed by atoms with E-state index in [0.29, 0.717) is 18.6 Å². The summed E-state index contributed by atoms with van der Waals surface area (Å²) in [7, 11) is 0. The standard InChI is InChI=1S/C13H24N2/c1-5-8-14-10-12(3)15-9-6-7-11(2)13(15)4/h1,11-14H,6-10H2,2-4H3. The number of nitrogens with zero attached hydrogens (tertiary/aromatic N) is 1. The second-order valence-corrected chi connectivity index (χ2v) is 4.78. The number of rotatable bonds is 4. The number of terminal acetylenes is 1. The predicted molar refractivity (Wildman–Crippen MR) is 65.7 cm³/mol. The summed E-state index contributed by atoms with van der Waals surface area (Å²) in [5, 5.41) is 3.29. The van der Waals surface area contributed by atoms with E-state index in [1.807, 2.05) is 0 Å². The van der Waals surface area contributed by atoms with Crippen molar-refractivity contribution < 1.29 is 0 Å². The van der Waals surface area contributed by atoms with Crippen molar-refractivity contribution in [3.8, 4) is 12.3 Å². The zero-order valence-electron chi connectivity index (χ0n) is 10.3. The molecule has 0 aromatic rings. The molecule has 0 amide bonds. The molecule has 0 saturated carbocycles. The van der Waals surface area contributed by atoms with Gasteiger partial charge in [-0.1, -0.05) is 12.8 Å². The third-order valence-corrected chi connectivity index (χ3v) is 3.66. The summed E-state index contributed by atoms with van der Waals surface area (Å²) < 4.78 is 0. The molecule has 3 unspecified atom stereocenters. The van der Waals surface area contributed by atoms with Gasteiger partial charge in [-0.3, -0.25) is 4.90 Å². The highest BCUT2D eigenvalue weighted by molar-refractivity contribution is 4.88. The molecule has 3 atom stereocenters. The van der Waals surface area contributed by atoms with E-state index in [9.17, 15) is 0 Å². The van der Waals surface area contributed by atoms with E-state index in [4.69, 9.17) is 6.42 Å². The highest BCUT2D eigenvalue weighted by Gasteiger charge is 2.27. The maximum atomic E-state index is 5.22. The van der Waals surface area contributed by atoms with E-state index in [-0.39, 0.29) is 0 Å². The molecule has 0 aromatic heterocycles. The van der Waals surface area contributed by atoms with Gasteiger partial charge in [0.25, 0.3) is 0 Å². The van der Waals surface area contributed by atoms with E-state index >= 15 is 0 Å². The Balaban J connectivity index is 2.37. The lowest BCUT2D eigenvalue weighted by molar-refractivity contribution is 0.0757. The van der Waals surface area contributed by atoms with Crippen LogP contribution in [0.3, 0.4) is 0 Å². The van der Waals surface area contributed by atoms with Gasteiger partial charge in [0, 0.05) is 18.6 Å². The van der Waals surface area contributed by atoms with Crippen molar-refractivity contribution in [1.29, 1.82) is 0 Å². The van der Waals surface area contributed by atoms with Crippen molar-refractivity contribution in [2.24, 2.45) is 5.92 Å². The van der Waals surface area contributed by atoms with E-state index in [1.165, 1.54) is 19.4 Å². The quantitative estimate of drug-likeness (QED) is 0.559. The largest absolute Gasteiger partial charge is 0.305 e. The summed E-state index contributed by atoms with van der Waals surface area (Å²) in [6, 6.07) is 1.30. The highest BCUT2D eigenvalue weighted by Crippen LogP contribution is 2.24. The lowest BCUT2D eigenvalue weighted by atomic mass is 9.91. The number of nitrogens with one attached hydrogen (secondary N) is 1. The smallest absolute Gasteiger partial charge is 0.0574 e. The van der Waals surface area contributed by atoms with Crippen LogP contribution in [0.1, 0.15) is 33.6 Å². The van der Waals surface area contributed by atoms with Gasteiger partial charge in [0.15, 0.2) is 0 Å². The first-order chi connectivity index (χ1) is 7.16. The minimum Gasteiger partial charge on any atom is -0.305 e. The second-order valence-electron chi connectivity index (χ2n) is 4.78. The normalized spacial score (nSPS) is 29.7. The van der Waals surface area contributed by atoms with Crippen LogP contribution in [0.2, 0.25) is 0 Å². The third-order valence-electron chi connectivity index (χ3n) is 3.66. The fourth-order valence-electron chi connectivity index (χ4n) is 2.46. The van der Waals surface area contributed by atoms with Crippen LogP contribution in [0, 0.1) is 18.3 Å². The first-order valence-corrected chi connectivity index (χ1v) is 6.06. The van der Waals surface area contributed by atoms with Gasteiger partial charge < -0.3 is 5.32 Å². The fourth-order valence-corrected chi connectivity index (χ4v) is 2.46. The number of piperidine rings is 1. The minimum atomic E-state index is 0.594. The molecule has 1 rings (SSSR count). The fraction of sp³-hybridized carbons (Fsp3) is 0.846. The lowest BCUT2D eigenvalue weighted by Gasteiger charge is -2.41. The van der Waals surface area contributed by atoms with Gasteiger partial charge in [-0.15, -0.1) is 6.42 Å². The average molecular weight is 208 g/mol. The Morgan fingerprint density at radius 1 is 1.53 bits per heavy atom. The van der Waals surface area contributed by atoms with Crippen LogP contribution in [0.5, 0.6) is 0 Å². The number of hydrogen-bond acceptors (Lipinski definition) is 2. The molecule has 1 aliphatic heterocycles. The Bertz CT molecular complexity index is 219. The zero-order chi connectivity index (χ0) is 11.3. The van der Waals surface area contributed by atoms with Crippen molar-refractivity contribution in [2.45, 2.75) is 45.7 Å². The van der Waals surface area contributed by atoms with Crippen molar-refractivity contribution in [2.75, 3.05) is 19.6 Å². The molecule has 2 heteroatoms. The molecule has 86 valence electrons. The number of hydrogen-bond donors (Lipinski definition) is 1. The molecular weight excluding hydrogens is 184 g/mol. The van der Waals surface area contributed by atoms with Crippen LogP contribution in [-0.4, -0.2) is 36.6 Å². The number of likely N-dealkylation sites (tertiary alicyclic amines) is 1. The summed E-state index contributed by atoms with van der Waals surface area (Å²) in [5.74, 6) is 3.44. The summed E-state index contributed by atoms with van der Waals surface area (Å²) in [4.78, 5) is 2.61. The summed E-state index contributed by atoms with van der Waals surface area (Å²) >= 11 is 0. The van der Waals surface area contributed by atoms with Crippen molar-refractivity contribution in [3.63, 3.8) is 0 Å². The van der Waals surface area contributed by atoms with Crippen LogP contribution < -0.4 is 5.32 Å². The van der Waals surface area contributed by atoms with E-state index in [0.717, 1.165) is 12.5 Å². The van der Waals surface area contributed by atoms with Gasteiger partial charge in [0.2, 0.25) is 0 Å². The maximum Gasteiger partial charge on any atom is 0.0574 e. The average Bonchev–Trinajstić information content (AvgIpc) is 2.22. The van der Waals surface area contributed by atoms with Crippen molar-refractivity contribution >= 4 is 0 Å². The van der Waals surface area contributed by atoms with E-state index < -0.39 is 0 Å². The van der Waals surface area contributed by atoms with Crippen molar-refractivity contribution in [1.82, 2.24) is 10.2 Å². The monoisotopic (exact) mass is 208 g/mol. The molecule has 1 saturated heterocycles. The molecule has 0 bridgehead atoms. The van der Waals surface area contributed by atoms with Crippen LogP contribution in [0.15, 0.2) is 0 Å². The predicted octanol–water partition coefficient (Wildman–Crippen LogP) is 1.72. The minimum absolute atomic E-state index is 0.594. The summed E-state index contributed by atoms with van der Waals surface area (Å²) in [6.07, 6.45) is 7.93. The van der Waals surface area contributed by atoms with Gasteiger partial charge in [-0.05, 0) is 39.2 Å². The third kappa shape index (κ3) is 3.52. The van der Waals surface area contributed by atoms with E-state index in [1.54, 1.807) is 0 Å². The van der Waals surface area contributed by atoms with Crippen LogP contribution >= 0.6 is 0 Å². The van der Waals surface area contributed by atoms with Gasteiger partial charge in [-0.2, -0.15) is 0 Å². The Morgan fingerprint density at radius 3 is 2.93 bits per heavy atom. The topological polar surface area (TPSA) is 15.3 Å². The Hall–Kier alpha value is -0.520. The molecule has 0 spiro atoms. The molecule has 0 aromatic carbocycles. The molecule has 0 aliphatic carbocycles. The molecular formula is C13H24N2.